The molecule has 0 fully saturated rings. The molecule has 10 heavy (non-hydrogen) atoms. The predicted octanol–water partition coefficient (Wildman–Crippen LogP) is 3.19. The molecule has 0 saturated heterocycles. The highest BCUT2D eigenvalue weighted by molar-refractivity contribution is 6.30. The van der Waals surface area contributed by atoms with Crippen molar-refractivity contribution in [2.24, 2.45) is 0 Å². The average molecular weight is 152 g/mol. The van der Waals surface area contributed by atoms with Gasteiger partial charge >= 0.3 is 0 Å². The van der Waals surface area contributed by atoms with E-state index in [1.807, 2.05) is 24.3 Å². The van der Waals surface area contributed by atoms with Gasteiger partial charge in [0.2, 0.25) is 0 Å². The molecule has 1 aromatic carbocycles. The van der Waals surface area contributed by atoms with Crippen LogP contribution in [-0.4, -0.2) is 0 Å². The Morgan fingerprint density at radius 1 is 1.20 bits per heavy atom. The van der Waals surface area contributed by atoms with Gasteiger partial charge in [-0.15, -0.1) is 0 Å². The number of hydrogen-bond donors (Lipinski definition) is 0. The topological polar surface area (TPSA) is 0 Å². The molecule has 0 aliphatic carbocycles. The maximum atomic E-state index is 5.67. The molecule has 1 heteroatoms. The highest BCUT2D eigenvalue weighted by Crippen LogP contribution is 2.14. The SMILES string of the molecule is [CH2]C(=C)c1ccc(Cl)cc1. The summed E-state index contributed by atoms with van der Waals surface area (Å²) < 4.78 is 0. The van der Waals surface area contributed by atoms with E-state index in [1.165, 1.54) is 0 Å². The van der Waals surface area contributed by atoms with E-state index < -0.39 is 0 Å². The molecule has 0 bridgehead atoms. The van der Waals surface area contributed by atoms with Crippen LogP contribution in [0.3, 0.4) is 0 Å². The van der Waals surface area contributed by atoms with Crippen LogP contribution in [0.4, 0.5) is 0 Å². The van der Waals surface area contributed by atoms with Crippen molar-refractivity contribution in [1.29, 1.82) is 0 Å². The number of rotatable bonds is 1. The van der Waals surface area contributed by atoms with E-state index in [4.69, 9.17) is 11.6 Å². The number of allylic oxidation sites excluding steroid dienone is 1. The lowest BCUT2D eigenvalue weighted by Crippen LogP contribution is -1.74. The van der Waals surface area contributed by atoms with Crippen LogP contribution in [0, 0.1) is 6.92 Å². The molecule has 0 aromatic heterocycles. The minimum absolute atomic E-state index is 0.741. The van der Waals surface area contributed by atoms with Crippen molar-refractivity contribution in [2.75, 3.05) is 0 Å². The molecule has 0 aliphatic rings. The van der Waals surface area contributed by atoms with E-state index in [-0.39, 0.29) is 0 Å². The fourth-order valence-electron chi connectivity index (χ4n) is 0.686. The second-order valence-electron chi connectivity index (χ2n) is 2.11. The summed E-state index contributed by atoms with van der Waals surface area (Å²) in [6, 6.07) is 7.45. The van der Waals surface area contributed by atoms with E-state index >= 15 is 0 Å². The second kappa shape index (κ2) is 2.89. The van der Waals surface area contributed by atoms with Gasteiger partial charge in [0.1, 0.15) is 0 Å². The van der Waals surface area contributed by atoms with Gasteiger partial charge in [0.15, 0.2) is 0 Å². The molecule has 51 valence electrons. The quantitative estimate of drug-likeness (QED) is 0.578. The lowest BCUT2D eigenvalue weighted by molar-refractivity contribution is 1.63. The van der Waals surface area contributed by atoms with Crippen LogP contribution >= 0.6 is 11.6 Å². The number of halogens is 1. The lowest BCUT2D eigenvalue weighted by Gasteiger charge is -1.96. The van der Waals surface area contributed by atoms with Gasteiger partial charge in [-0.1, -0.05) is 30.3 Å². The molecule has 0 nitrogen and oxygen atoms in total. The molecule has 0 unspecified atom stereocenters. The van der Waals surface area contributed by atoms with Crippen LogP contribution in [0.5, 0.6) is 0 Å². The Morgan fingerprint density at radius 3 is 2.10 bits per heavy atom. The van der Waals surface area contributed by atoms with Crippen LogP contribution < -0.4 is 0 Å². The molecule has 0 heterocycles. The van der Waals surface area contributed by atoms with E-state index in [2.05, 4.69) is 13.5 Å². The van der Waals surface area contributed by atoms with Gasteiger partial charge in [-0.2, -0.15) is 0 Å². The predicted molar refractivity (Wildman–Crippen MR) is 45.8 cm³/mol. The maximum absolute atomic E-state index is 5.67. The second-order valence-corrected chi connectivity index (χ2v) is 2.55. The fourth-order valence-corrected chi connectivity index (χ4v) is 0.812. The monoisotopic (exact) mass is 151 g/mol. The summed E-state index contributed by atoms with van der Waals surface area (Å²) >= 11 is 5.67. The Morgan fingerprint density at radius 2 is 1.70 bits per heavy atom. The minimum atomic E-state index is 0.741. The van der Waals surface area contributed by atoms with Crippen molar-refractivity contribution >= 4 is 17.2 Å². The molecule has 1 aromatic rings. The first-order valence-electron chi connectivity index (χ1n) is 2.97. The van der Waals surface area contributed by atoms with Crippen molar-refractivity contribution in [3.05, 3.63) is 48.4 Å². The first-order chi connectivity index (χ1) is 4.70. The summed E-state index contributed by atoms with van der Waals surface area (Å²) in [7, 11) is 0. The Hall–Kier alpha value is -0.750. The lowest BCUT2D eigenvalue weighted by atomic mass is 10.1. The molecule has 0 spiro atoms. The Bertz CT molecular complexity index is 233. The van der Waals surface area contributed by atoms with Crippen LogP contribution in [0.1, 0.15) is 5.56 Å². The molecule has 1 radical (unpaired) electrons. The summed E-state index contributed by atoms with van der Waals surface area (Å²) in [5, 5.41) is 0.741. The highest BCUT2D eigenvalue weighted by atomic mass is 35.5. The highest BCUT2D eigenvalue weighted by Gasteiger charge is 1.90. The molecule has 0 saturated carbocycles. The third-order valence-electron chi connectivity index (χ3n) is 1.25. The molecular formula is C9H8Cl. The molecule has 0 N–H and O–H groups in total. The van der Waals surface area contributed by atoms with E-state index in [9.17, 15) is 0 Å². The average Bonchev–Trinajstić information content (AvgIpc) is 1.88. The Labute approximate surface area is 66.1 Å². The Balaban J connectivity index is 3.00. The number of hydrogen-bond acceptors (Lipinski definition) is 0. The molecule has 0 aliphatic heterocycles. The van der Waals surface area contributed by atoms with Crippen LogP contribution in [0.15, 0.2) is 30.8 Å². The first-order valence-corrected chi connectivity index (χ1v) is 3.35. The first kappa shape index (κ1) is 7.36. The van der Waals surface area contributed by atoms with E-state index in [0.717, 1.165) is 16.2 Å². The van der Waals surface area contributed by atoms with Crippen molar-refractivity contribution < 1.29 is 0 Å². The maximum Gasteiger partial charge on any atom is 0.0406 e. The van der Waals surface area contributed by atoms with E-state index in [0.29, 0.717) is 0 Å². The molecule has 0 amide bonds. The number of benzene rings is 1. The van der Waals surface area contributed by atoms with E-state index in [1.54, 1.807) is 0 Å². The smallest absolute Gasteiger partial charge is 0.0406 e. The molecular weight excluding hydrogens is 144 g/mol. The van der Waals surface area contributed by atoms with Gasteiger partial charge in [0.25, 0.3) is 0 Å². The Kier molecular flexibility index (Phi) is 2.13. The molecule has 0 atom stereocenters. The van der Waals surface area contributed by atoms with Gasteiger partial charge in [-0.3, -0.25) is 0 Å². The van der Waals surface area contributed by atoms with Crippen LogP contribution in [0.25, 0.3) is 5.57 Å². The summed E-state index contributed by atoms with van der Waals surface area (Å²) in [6.07, 6.45) is 0. The van der Waals surface area contributed by atoms with Crippen molar-refractivity contribution in [2.45, 2.75) is 0 Å². The van der Waals surface area contributed by atoms with Gasteiger partial charge in [-0.05, 0) is 30.2 Å². The summed E-state index contributed by atoms with van der Waals surface area (Å²) in [5.41, 5.74) is 1.85. The third kappa shape index (κ3) is 1.61. The summed E-state index contributed by atoms with van der Waals surface area (Å²) in [6.45, 7) is 7.40. The zero-order chi connectivity index (χ0) is 7.56. The summed E-state index contributed by atoms with van der Waals surface area (Å²) in [5.74, 6) is 0. The summed E-state index contributed by atoms with van der Waals surface area (Å²) in [4.78, 5) is 0. The standard InChI is InChI=1S/C9H8Cl/c1-7(2)8-3-5-9(10)6-4-8/h3-6H,1-2H2. The largest absolute Gasteiger partial charge is 0.0952 e. The van der Waals surface area contributed by atoms with Gasteiger partial charge < -0.3 is 0 Å². The third-order valence-corrected chi connectivity index (χ3v) is 1.50. The van der Waals surface area contributed by atoms with Gasteiger partial charge in [0, 0.05) is 5.02 Å². The van der Waals surface area contributed by atoms with Crippen molar-refractivity contribution in [3.8, 4) is 0 Å². The van der Waals surface area contributed by atoms with Crippen LogP contribution in [-0.2, 0) is 0 Å². The van der Waals surface area contributed by atoms with Crippen molar-refractivity contribution in [1.82, 2.24) is 0 Å². The van der Waals surface area contributed by atoms with Gasteiger partial charge in [-0.25, -0.2) is 0 Å². The van der Waals surface area contributed by atoms with Crippen molar-refractivity contribution in [3.63, 3.8) is 0 Å². The van der Waals surface area contributed by atoms with Crippen LogP contribution in [0.2, 0.25) is 5.02 Å². The zero-order valence-electron chi connectivity index (χ0n) is 5.60. The fraction of sp³-hybridized carbons (Fsp3) is 0. The van der Waals surface area contributed by atoms with Gasteiger partial charge in [0.05, 0.1) is 0 Å². The minimum Gasteiger partial charge on any atom is -0.0952 e. The molecule has 1 rings (SSSR count). The normalized spacial score (nSPS) is 9.40. The zero-order valence-corrected chi connectivity index (χ0v) is 6.36.